The number of benzene rings is 2. The summed E-state index contributed by atoms with van der Waals surface area (Å²) in [6.07, 6.45) is 17.2. The molecular formula is C40H59NO8. The zero-order valence-corrected chi connectivity index (χ0v) is 29.6. The fraction of sp³-hybridized carbons (Fsp3) is 0.475. The van der Waals surface area contributed by atoms with Gasteiger partial charge in [-0.2, -0.15) is 4.89 Å². The zero-order chi connectivity index (χ0) is 36.4. The standard InChI is InChI=1S/C36H51NO8.2C2H4/c1-2-3-4-5-6-7-8-9-10-11-12-14-19-33(28-34(38)39)36(41)37-24-25-43-45-44-27-26-42-29-30-20-22-32(23-21-30)35(40)31-17-15-13-16-18-31;2*1-2/h13,15-18,20-25,33H,2-12,14,19,26-29H2,1H3,(H,37,41)(H,38,39);2*1-2H2/b25-24+;;. The van der Waals surface area contributed by atoms with Crippen LogP contribution in [-0.2, 0) is 35.7 Å². The van der Waals surface area contributed by atoms with E-state index >= 15 is 0 Å². The van der Waals surface area contributed by atoms with Gasteiger partial charge in [-0.3, -0.25) is 14.4 Å². The molecule has 9 heteroatoms. The van der Waals surface area contributed by atoms with Crippen LogP contribution in [0, 0.1) is 5.92 Å². The van der Waals surface area contributed by atoms with Crippen molar-refractivity contribution in [1.29, 1.82) is 0 Å². The summed E-state index contributed by atoms with van der Waals surface area (Å²) in [7, 11) is 0. The number of carboxylic acids is 1. The normalized spacial score (nSPS) is 11.0. The van der Waals surface area contributed by atoms with Gasteiger partial charge in [0, 0.05) is 23.2 Å². The summed E-state index contributed by atoms with van der Waals surface area (Å²) in [5.74, 6) is -2.00. The van der Waals surface area contributed by atoms with Crippen LogP contribution >= 0.6 is 0 Å². The number of nitrogens with one attached hydrogen (secondary N) is 1. The Morgan fingerprint density at radius 3 is 1.88 bits per heavy atom. The Kier molecular flexibility index (Phi) is 29.8. The highest BCUT2D eigenvalue weighted by atomic mass is 17.5. The Morgan fingerprint density at radius 1 is 0.755 bits per heavy atom. The van der Waals surface area contributed by atoms with Gasteiger partial charge in [-0.15, -0.1) is 26.3 Å². The number of aliphatic carboxylic acids is 1. The minimum absolute atomic E-state index is 0.0304. The van der Waals surface area contributed by atoms with Crippen molar-refractivity contribution in [3.8, 4) is 0 Å². The first-order chi connectivity index (χ1) is 24.0. The minimum atomic E-state index is -0.997. The van der Waals surface area contributed by atoms with Crippen molar-refractivity contribution in [2.45, 2.75) is 103 Å². The average Bonchev–Trinajstić information content (AvgIpc) is 3.14. The van der Waals surface area contributed by atoms with Crippen LogP contribution < -0.4 is 5.32 Å². The molecule has 272 valence electrons. The first kappa shape index (κ1) is 45.0. The summed E-state index contributed by atoms with van der Waals surface area (Å²) in [6.45, 7) is 14.9. The summed E-state index contributed by atoms with van der Waals surface area (Å²) < 4.78 is 5.54. The molecule has 2 rings (SSSR count). The quantitative estimate of drug-likeness (QED) is 0.0239. The van der Waals surface area contributed by atoms with E-state index in [2.05, 4.69) is 43.6 Å². The predicted octanol–water partition coefficient (Wildman–Crippen LogP) is 9.69. The summed E-state index contributed by atoms with van der Waals surface area (Å²) in [4.78, 5) is 45.8. The summed E-state index contributed by atoms with van der Waals surface area (Å²) >= 11 is 0. The van der Waals surface area contributed by atoms with Crippen molar-refractivity contribution in [1.82, 2.24) is 5.32 Å². The number of hydrogen-bond acceptors (Lipinski definition) is 7. The van der Waals surface area contributed by atoms with E-state index in [0.29, 0.717) is 24.2 Å². The summed E-state index contributed by atoms with van der Waals surface area (Å²) in [5.41, 5.74) is 2.17. The Hall–Kier alpha value is -4.05. The highest BCUT2D eigenvalue weighted by Crippen LogP contribution is 2.17. The van der Waals surface area contributed by atoms with Crippen LogP contribution in [0.4, 0.5) is 0 Å². The molecular weight excluding hydrogens is 622 g/mol. The molecule has 9 nitrogen and oxygen atoms in total. The van der Waals surface area contributed by atoms with Gasteiger partial charge in [-0.25, -0.2) is 0 Å². The topological polar surface area (TPSA) is 120 Å². The second-order valence-corrected chi connectivity index (χ2v) is 11.2. The van der Waals surface area contributed by atoms with Gasteiger partial charge < -0.3 is 20.0 Å². The minimum Gasteiger partial charge on any atom is -0.481 e. The fourth-order valence-electron chi connectivity index (χ4n) is 4.91. The van der Waals surface area contributed by atoms with Gasteiger partial charge in [-0.05, 0) is 17.0 Å². The Morgan fingerprint density at radius 2 is 1.31 bits per heavy atom. The number of unbranched alkanes of at least 4 members (excludes halogenated alkanes) is 11. The molecule has 2 N–H and O–H groups in total. The average molecular weight is 682 g/mol. The highest BCUT2D eigenvalue weighted by Gasteiger charge is 2.20. The van der Waals surface area contributed by atoms with Crippen LogP contribution in [0.1, 0.15) is 118 Å². The van der Waals surface area contributed by atoms with E-state index in [1.165, 1.54) is 64.0 Å². The number of carbonyl (C=O) groups excluding carboxylic acids is 2. The van der Waals surface area contributed by atoms with Crippen molar-refractivity contribution >= 4 is 17.7 Å². The third-order valence-electron chi connectivity index (χ3n) is 7.47. The number of carbonyl (C=O) groups is 3. The fourth-order valence-corrected chi connectivity index (χ4v) is 4.91. The van der Waals surface area contributed by atoms with E-state index in [9.17, 15) is 19.5 Å². The van der Waals surface area contributed by atoms with Gasteiger partial charge in [0.05, 0.1) is 19.6 Å². The number of ketones is 1. The molecule has 49 heavy (non-hydrogen) atoms. The molecule has 0 saturated carbocycles. The molecule has 0 heterocycles. The van der Waals surface area contributed by atoms with Crippen molar-refractivity contribution < 1.29 is 39.0 Å². The third-order valence-corrected chi connectivity index (χ3v) is 7.47. The molecule has 0 aromatic heterocycles. The van der Waals surface area contributed by atoms with E-state index in [-0.39, 0.29) is 31.3 Å². The second kappa shape index (κ2) is 32.5. The zero-order valence-electron chi connectivity index (χ0n) is 29.6. The monoisotopic (exact) mass is 681 g/mol. The van der Waals surface area contributed by atoms with E-state index in [1.807, 2.05) is 30.3 Å². The van der Waals surface area contributed by atoms with Crippen LogP contribution in [0.15, 0.2) is 93.4 Å². The molecule has 1 atom stereocenters. The Balaban J connectivity index is 0.00000554. The van der Waals surface area contributed by atoms with Crippen molar-refractivity contribution in [3.05, 3.63) is 110 Å². The number of amides is 1. The van der Waals surface area contributed by atoms with Crippen LogP contribution in [0.3, 0.4) is 0 Å². The number of hydrogen-bond donors (Lipinski definition) is 2. The molecule has 0 aliphatic rings. The van der Waals surface area contributed by atoms with Gasteiger partial charge >= 0.3 is 5.97 Å². The smallest absolute Gasteiger partial charge is 0.304 e. The van der Waals surface area contributed by atoms with Crippen molar-refractivity contribution in [3.63, 3.8) is 0 Å². The molecule has 1 amide bonds. The van der Waals surface area contributed by atoms with Crippen molar-refractivity contribution in [2.24, 2.45) is 5.92 Å². The second-order valence-electron chi connectivity index (χ2n) is 11.2. The lowest BCUT2D eigenvalue weighted by Crippen LogP contribution is -2.28. The molecule has 0 bridgehead atoms. The maximum atomic E-state index is 12.5. The first-order valence-corrected chi connectivity index (χ1v) is 17.4. The molecule has 2 aromatic carbocycles. The number of rotatable bonds is 27. The van der Waals surface area contributed by atoms with Crippen molar-refractivity contribution in [2.75, 3.05) is 13.2 Å². The maximum Gasteiger partial charge on any atom is 0.304 e. The van der Waals surface area contributed by atoms with E-state index < -0.39 is 11.9 Å². The molecule has 1 unspecified atom stereocenters. The Labute approximate surface area is 294 Å². The number of carboxylic acid groups (broad SMARTS) is 1. The van der Waals surface area contributed by atoms with Gasteiger partial charge in [0.1, 0.15) is 12.9 Å². The first-order valence-electron chi connectivity index (χ1n) is 17.4. The van der Waals surface area contributed by atoms with E-state index in [0.717, 1.165) is 31.1 Å². The molecule has 0 saturated heterocycles. The molecule has 0 aliphatic carbocycles. The number of ether oxygens (including phenoxy) is 1. The predicted molar refractivity (Wildman–Crippen MR) is 195 cm³/mol. The van der Waals surface area contributed by atoms with Gasteiger partial charge in [-0.1, -0.05) is 139 Å². The third kappa shape index (κ3) is 23.8. The highest BCUT2D eigenvalue weighted by molar-refractivity contribution is 6.08. The SMILES string of the molecule is C=C.C=C.CCCCCCCCCCCCCCC(CC(=O)O)C(=O)N/C=C/OOOCCOCc1ccc(C(=O)c2ccccc2)cc1. The lowest BCUT2D eigenvalue weighted by atomic mass is 9.96. The molecule has 0 fully saturated rings. The molecule has 0 aliphatic heterocycles. The summed E-state index contributed by atoms with van der Waals surface area (Å²) in [6, 6.07) is 16.4. The van der Waals surface area contributed by atoms with Crippen LogP contribution in [-0.4, -0.2) is 36.0 Å². The van der Waals surface area contributed by atoms with E-state index in [1.54, 1.807) is 24.3 Å². The molecule has 0 spiro atoms. The Bertz CT molecular complexity index is 1130. The molecule has 0 radical (unpaired) electrons. The van der Waals surface area contributed by atoms with Gasteiger partial charge in [0.25, 0.3) is 0 Å². The maximum absolute atomic E-state index is 12.5. The van der Waals surface area contributed by atoms with Crippen LogP contribution in [0.5, 0.6) is 0 Å². The van der Waals surface area contributed by atoms with Crippen LogP contribution in [0.25, 0.3) is 0 Å². The largest absolute Gasteiger partial charge is 0.481 e. The van der Waals surface area contributed by atoms with Gasteiger partial charge in [0.15, 0.2) is 5.78 Å². The van der Waals surface area contributed by atoms with Crippen LogP contribution in [0.2, 0.25) is 0 Å². The lowest BCUT2D eigenvalue weighted by molar-refractivity contribution is -0.491. The lowest BCUT2D eigenvalue weighted by Gasteiger charge is -2.13. The summed E-state index contributed by atoms with van der Waals surface area (Å²) in [5, 5.41) is 16.3. The van der Waals surface area contributed by atoms with E-state index in [4.69, 9.17) is 14.5 Å². The van der Waals surface area contributed by atoms with Gasteiger partial charge in [0.2, 0.25) is 5.91 Å². The molecule has 2 aromatic rings.